The number of fused-ring (bicyclic) bond motifs is 1. The van der Waals surface area contributed by atoms with Crippen LogP contribution in [0, 0.1) is 0 Å². The standard InChI is InChI=1S/C22H20ClN7O.ClH/c23-18-5-2-12-25-20(18)29(17-4-1-11-24-14-17)22(31)15-7-9-16(10-8-15)30-21-19(27-28-30)6-3-13-26-21;/h2-3,5-10,12-13,17,24H,1,4,11,14H2;1H/t17-;/m1./s1. The summed E-state index contributed by atoms with van der Waals surface area (Å²) in [7, 11) is 0. The molecule has 164 valence electrons. The van der Waals surface area contributed by atoms with E-state index in [2.05, 4.69) is 25.6 Å². The number of anilines is 1. The molecule has 1 saturated heterocycles. The molecule has 1 N–H and O–H groups in total. The molecule has 5 rings (SSSR count). The maximum atomic E-state index is 13.6. The van der Waals surface area contributed by atoms with Crippen LogP contribution in [0.2, 0.25) is 5.02 Å². The van der Waals surface area contributed by atoms with Gasteiger partial charge in [0.25, 0.3) is 5.91 Å². The van der Waals surface area contributed by atoms with Gasteiger partial charge in [-0.25, -0.2) is 9.97 Å². The molecule has 0 saturated carbocycles. The third kappa shape index (κ3) is 4.17. The maximum absolute atomic E-state index is 13.6. The number of halogens is 2. The normalized spacial score (nSPS) is 15.8. The lowest BCUT2D eigenvalue weighted by atomic mass is 10.0. The number of nitrogens with one attached hydrogen (secondary N) is 1. The van der Waals surface area contributed by atoms with Crippen molar-refractivity contribution < 1.29 is 4.79 Å². The fourth-order valence-corrected chi connectivity index (χ4v) is 4.08. The second kappa shape index (κ2) is 9.60. The average Bonchev–Trinajstić information content (AvgIpc) is 3.25. The Kier molecular flexibility index (Phi) is 6.64. The van der Waals surface area contributed by atoms with Gasteiger partial charge in [-0.1, -0.05) is 16.8 Å². The zero-order valence-corrected chi connectivity index (χ0v) is 18.6. The number of carbonyl (C=O) groups is 1. The van der Waals surface area contributed by atoms with Gasteiger partial charge in [-0.3, -0.25) is 9.69 Å². The van der Waals surface area contributed by atoms with E-state index < -0.39 is 0 Å². The van der Waals surface area contributed by atoms with E-state index in [1.807, 2.05) is 24.3 Å². The van der Waals surface area contributed by atoms with Crippen molar-refractivity contribution in [1.29, 1.82) is 0 Å². The zero-order chi connectivity index (χ0) is 21.2. The Morgan fingerprint density at radius 1 is 1.09 bits per heavy atom. The number of piperidine rings is 1. The third-order valence-electron chi connectivity index (χ3n) is 5.39. The summed E-state index contributed by atoms with van der Waals surface area (Å²) < 4.78 is 1.65. The van der Waals surface area contributed by atoms with E-state index in [0.29, 0.717) is 34.1 Å². The highest BCUT2D eigenvalue weighted by molar-refractivity contribution is 6.33. The SMILES string of the molecule is Cl.O=C(c1ccc(-n2nnc3cccnc32)cc1)N(c1ncccc1Cl)[C@@H]1CCCNC1. The number of pyridine rings is 2. The molecule has 4 aromatic rings. The Morgan fingerprint density at radius 3 is 2.62 bits per heavy atom. The molecule has 0 unspecified atom stereocenters. The van der Waals surface area contributed by atoms with Crippen LogP contribution in [0.15, 0.2) is 60.9 Å². The summed E-state index contributed by atoms with van der Waals surface area (Å²) in [4.78, 5) is 24.0. The zero-order valence-electron chi connectivity index (χ0n) is 17.1. The summed E-state index contributed by atoms with van der Waals surface area (Å²) in [6.07, 6.45) is 5.24. The number of rotatable bonds is 4. The highest BCUT2D eigenvalue weighted by atomic mass is 35.5. The molecular weight excluding hydrogens is 449 g/mol. The van der Waals surface area contributed by atoms with E-state index >= 15 is 0 Å². The molecule has 1 amide bonds. The molecule has 0 bridgehead atoms. The van der Waals surface area contributed by atoms with Gasteiger partial charge in [0, 0.05) is 24.5 Å². The number of hydrogen-bond donors (Lipinski definition) is 1. The fraction of sp³-hybridized carbons (Fsp3) is 0.227. The largest absolute Gasteiger partial charge is 0.315 e. The molecule has 3 aromatic heterocycles. The van der Waals surface area contributed by atoms with Gasteiger partial charge in [0.1, 0.15) is 5.52 Å². The van der Waals surface area contributed by atoms with Crippen molar-refractivity contribution in [3.8, 4) is 5.69 Å². The first kappa shape index (κ1) is 22.1. The van der Waals surface area contributed by atoms with Gasteiger partial charge in [0.15, 0.2) is 11.5 Å². The molecule has 1 aromatic carbocycles. The molecule has 1 fully saturated rings. The van der Waals surface area contributed by atoms with Crippen molar-refractivity contribution in [2.45, 2.75) is 18.9 Å². The number of aromatic nitrogens is 5. The number of nitrogens with zero attached hydrogens (tertiary/aromatic N) is 6. The van der Waals surface area contributed by atoms with Gasteiger partial charge in [-0.15, -0.1) is 17.5 Å². The number of benzene rings is 1. The lowest BCUT2D eigenvalue weighted by molar-refractivity contribution is 0.0971. The van der Waals surface area contributed by atoms with Crippen molar-refractivity contribution in [3.05, 3.63) is 71.5 Å². The van der Waals surface area contributed by atoms with E-state index in [1.165, 1.54) is 0 Å². The lowest BCUT2D eigenvalue weighted by Crippen LogP contribution is -2.49. The highest BCUT2D eigenvalue weighted by Gasteiger charge is 2.30. The van der Waals surface area contributed by atoms with Crippen molar-refractivity contribution >= 4 is 46.9 Å². The van der Waals surface area contributed by atoms with Crippen LogP contribution in [0.3, 0.4) is 0 Å². The van der Waals surface area contributed by atoms with E-state index in [1.54, 1.807) is 46.2 Å². The smallest absolute Gasteiger partial charge is 0.259 e. The number of carbonyl (C=O) groups excluding carboxylic acids is 1. The summed E-state index contributed by atoms with van der Waals surface area (Å²) in [6, 6.07) is 14.4. The maximum Gasteiger partial charge on any atom is 0.259 e. The van der Waals surface area contributed by atoms with Crippen molar-refractivity contribution in [1.82, 2.24) is 30.3 Å². The minimum Gasteiger partial charge on any atom is -0.315 e. The van der Waals surface area contributed by atoms with Crippen LogP contribution < -0.4 is 10.2 Å². The summed E-state index contributed by atoms with van der Waals surface area (Å²) >= 11 is 6.42. The second-order valence-corrected chi connectivity index (χ2v) is 7.79. The topological polar surface area (TPSA) is 88.8 Å². The Morgan fingerprint density at radius 2 is 1.88 bits per heavy atom. The van der Waals surface area contributed by atoms with Crippen LogP contribution in [0.25, 0.3) is 16.9 Å². The predicted molar refractivity (Wildman–Crippen MR) is 126 cm³/mol. The van der Waals surface area contributed by atoms with Crippen molar-refractivity contribution in [2.24, 2.45) is 0 Å². The molecule has 8 nitrogen and oxygen atoms in total. The first-order chi connectivity index (χ1) is 15.2. The molecule has 1 aliphatic heterocycles. The predicted octanol–water partition coefficient (Wildman–Crippen LogP) is 3.68. The summed E-state index contributed by atoms with van der Waals surface area (Å²) in [5.41, 5.74) is 2.70. The molecule has 0 aliphatic carbocycles. The first-order valence-electron chi connectivity index (χ1n) is 10.1. The van der Waals surface area contributed by atoms with Crippen molar-refractivity contribution in [2.75, 3.05) is 18.0 Å². The van der Waals surface area contributed by atoms with Gasteiger partial charge in [-0.2, -0.15) is 4.68 Å². The Hall–Kier alpha value is -3.07. The van der Waals surface area contributed by atoms with Crippen LogP contribution in [-0.4, -0.2) is 50.0 Å². The second-order valence-electron chi connectivity index (χ2n) is 7.38. The van der Waals surface area contributed by atoms with Crippen LogP contribution in [0.5, 0.6) is 0 Å². The van der Waals surface area contributed by atoms with Gasteiger partial charge >= 0.3 is 0 Å². The van der Waals surface area contributed by atoms with E-state index in [9.17, 15) is 4.79 Å². The van der Waals surface area contributed by atoms with Gasteiger partial charge < -0.3 is 5.32 Å². The van der Waals surface area contributed by atoms with Gasteiger partial charge in [-0.05, 0) is 67.9 Å². The molecule has 0 radical (unpaired) electrons. The molecule has 1 atom stereocenters. The molecule has 4 heterocycles. The van der Waals surface area contributed by atoms with E-state index in [0.717, 1.165) is 25.1 Å². The summed E-state index contributed by atoms with van der Waals surface area (Å²) in [5, 5.41) is 12.1. The van der Waals surface area contributed by atoms with Crippen molar-refractivity contribution in [3.63, 3.8) is 0 Å². The Labute approximate surface area is 196 Å². The molecule has 32 heavy (non-hydrogen) atoms. The van der Waals surface area contributed by atoms with E-state index in [4.69, 9.17) is 11.6 Å². The average molecular weight is 470 g/mol. The first-order valence-corrected chi connectivity index (χ1v) is 10.5. The molecule has 10 heteroatoms. The van der Waals surface area contributed by atoms with Crippen LogP contribution in [0.4, 0.5) is 5.82 Å². The Balaban J connectivity index is 0.00000245. The Bertz CT molecular complexity index is 1220. The van der Waals surface area contributed by atoms with Gasteiger partial charge in [0.05, 0.1) is 16.8 Å². The van der Waals surface area contributed by atoms with E-state index in [-0.39, 0.29) is 24.4 Å². The summed E-state index contributed by atoms with van der Waals surface area (Å²) in [6.45, 7) is 1.65. The summed E-state index contributed by atoms with van der Waals surface area (Å²) in [5.74, 6) is 0.348. The van der Waals surface area contributed by atoms with Crippen LogP contribution >= 0.6 is 24.0 Å². The third-order valence-corrected chi connectivity index (χ3v) is 5.68. The quantitative estimate of drug-likeness (QED) is 0.490. The van der Waals surface area contributed by atoms with Crippen LogP contribution in [-0.2, 0) is 0 Å². The highest BCUT2D eigenvalue weighted by Crippen LogP contribution is 2.28. The molecular formula is C22H21Cl2N7O. The van der Waals surface area contributed by atoms with Gasteiger partial charge in [0.2, 0.25) is 0 Å². The minimum absolute atomic E-state index is 0. The van der Waals surface area contributed by atoms with Crippen LogP contribution in [0.1, 0.15) is 23.2 Å². The number of hydrogen-bond acceptors (Lipinski definition) is 6. The number of amides is 1. The molecule has 1 aliphatic rings. The fourth-order valence-electron chi connectivity index (χ4n) is 3.87. The lowest BCUT2D eigenvalue weighted by Gasteiger charge is -2.34. The monoisotopic (exact) mass is 469 g/mol. The minimum atomic E-state index is -0.137. The molecule has 0 spiro atoms.